The molecule has 16 heavy (non-hydrogen) atoms. The van der Waals surface area contributed by atoms with Crippen molar-refractivity contribution in [3.05, 3.63) is 21.9 Å². The van der Waals surface area contributed by atoms with Crippen molar-refractivity contribution in [2.45, 2.75) is 26.8 Å². The molecule has 0 bridgehead atoms. The Morgan fingerprint density at radius 3 is 2.38 bits per heavy atom. The van der Waals surface area contributed by atoms with Crippen LogP contribution in [0.5, 0.6) is 0 Å². The van der Waals surface area contributed by atoms with Crippen LogP contribution < -0.4 is 5.32 Å². The van der Waals surface area contributed by atoms with Crippen molar-refractivity contribution >= 4 is 23.2 Å². The second-order valence-corrected chi connectivity index (χ2v) is 5.23. The Kier molecular flexibility index (Phi) is 4.06. The van der Waals surface area contributed by atoms with Crippen LogP contribution in [0.3, 0.4) is 0 Å². The van der Waals surface area contributed by atoms with Crippen molar-refractivity contribution in [1.82, 2.24) is 5.32 Å². The Hall–Kier alpha value is -1.36. The smallest absolute Gasteiger partial charge is 0.326 e. The van der Waals surface area contributed by atoms with Gasteiger partial charge in [-0.3, -0.25) is 4.79 Å². The number of carboxylic acids is 1. The molecule has 1 heterocycles. The van der Waals surface area contributed by atoms with Crippen LogP contribution in [0.1, 0.15) is 28.4 Å². The molecular weight excluding hydrogens is 226 g/mol. The third-order valence-electron chi connectivity index (χ3n) is 2.18. The molecule has 0 aliphatic carbocycles. The van der Waals surface area contributed by atoms with Crippen LogP contribution in [0.15, 0.2) is 12.1 Å². The van der Waals surface area contributed by atoms with Crippen LogP contribution in [0.25, 0.3) is 0 Å². The SMILES string of the molecule is Cc1ccc(C(=O)N[C@@H](C(=O)O)C(C)C)s1. The summed E-state index contributed by atoms with van der Waals surface area (Å²) in [6, 6.07) is 2.70. The molecular formula is C11H15NO3S. The lowest BCUT2D eigenvalue weighted by molar-refractivity contribution is -0.140. The molecule has 0 radical (unpaired) electrons. The summed E-state index contributed by atoms with van der Waals surface area (Å²) in [4.78, 5) is 24.2. The lowest BCUT2D eigenvalue weighted by Gasteiger charge is -2.17. The molecule has 0 spiro atoms. The van der Waals surface area contributed by atoms with Crippen molar-refractivity contribution in [2.24, 2.45) is 5.92 Å². The monoisotopic (exact) mass is 241 g/mol. The second kappa shape index (κ2) is 5.12. The Morgan fingerprint density at radius 1 is 1.38 bits per heavy atom. The minimum absolute atomic E-state index is 0.137. The Balaban J connectivity index is 2.73. The summed E-state index contributed by atoms with van der Waals surface area (Å²) < 4.78 is 0. The van der Waals surface area contributed by atoms with Crippen molar-refractivity contribution in [1.29, 1.82) is 0 Å². The van der Waals surface area contributed by atoms with Crippen LogP contribution in [0, 0.1) is 12.8 Å². The van der Waals surface area contributed by atoms with E-state index < -0.39 is 12.0 Å². The van der Waals surface area contributed by atoms with Crippen molar-refractivity contribution in [2.75, 3.05) is 0 Å². The topological polar surface area (TPSA) is 66.4 Å². The fourth-order valence-corrected chi connectivity index (χ4v) is 2.05. The Bertz CT molecular complexity index is 398. The molecule has 88 valence electrons. The van der Waals surface area contributed by atoms with Gasteiger partial charge in [0.2, 0.25) is 0 Å². The maximum absolute atomic E-state index is 11.7. The molecule has 4 nitrogen and oxygen atoms in total. The molecule has 5 heteroatoms. The van der Waals surface area contributed by atoms with E-state index in [1.165, 1.54) is 11.3 Å². The maximum atomic E-state index is 11.7. The van der Waals surface area contributed by atoms with Crippen molar-refractivity contribution in [3.63, 3.8) is 0 Å². The molecule has 0 fully saturated rings. The van der Waals surface area contributed by atoms with E-state index >= 15 is 0 Å². The molecule has 0 aromatic carbocycles. The van der Waals surface area contributed by atoms with Gasteiger partial charge in [0.05, 0.1) is 4.88 Å². The van der Waals surface area contributed by atoms with Crippen LogP contribution in [-0.4, -0.2) is 23.0 Å². The van der Waals surface area contributed by atoms with Gasteiger partial charge in [0.15, 0.2) is 0 Å². The zero-order chi connectivity index (χ0) is 12.3. The van der Waals surface area contributed by atoms with Gasteiger partial charge in [0.1, 0.15) is 6.04 Å². The van der Waals surface area contributed by atoms with E-state index in [0.29, 0.717) is 4.88 Å². The molecule has 0 aliphatic heterocycles. The molecule has 2 N–H and O–H groups in total. The summed E-state index contributed by atoms with van der Waals surface area (Å²) in [7, 11) is 0. The summed E-state index contributed by atoms with van der Waals surface area (Å²) in [6.07, 6.45) is 0. The first-order valence-electron chi connectivity index (χ1n) is 5.02. The number of aryl methyl sites for hydroxylation is 1. The number of nitrogens with one attached hydrogen (secondary N) is 1. The van der Waals surface area contributed by atoms with Crippen LogP contribution in [0.4, 0.5) is 0 Å². The van der Waals surface area contributed by atoms with Gasteiger partial charge in [-0.25, -0.2) is 4.79 Å². The summed E-state index contributed by atoms with van der Waals surface area (Å²) in [5.41, 5.74) is 0. The molecule has 1 atom stereocenters. The van der Waals surface area contributed by atoms with Gasteiger partial charge < -0.3 is 10.4 Å². The van der Waals surface area contributed by atoms with E-state index in [1.807, 2.05) is 13.0 Å². The summed E-state index contributed by atoms with van der Waals surface area (Å²) in [5, 5.41) is 11.5. The van der Waals surface area contributed by atoms with E-state index in [2.05, 4.69) is 5.32 Å². The predicted molar refractivity (Wildman–Crippen MR) is 62.8 cm³/mol. The van der Waals surface area contributed by atoms with Crippen LogP contribution >= 0.6 is 11.3 Å². The van der Waals surface area contributed by atoms with Gasteiger partial charge in [-0.1, -0.05) is 13.8 Å². The third kappa shape index (κ3) is 3.06. The highest BCUT2D eigenvalue weighted by Gasteiger charge is 2.24. The number of hydrogen-bond acceptors (Lipinski definition) is 3. The van der Waals surface area contributed by atoms with Crippen molar-refractivity contribution in [3.8, 4) is 0 Å². The molecule has 1 aromatic heterocycles. The number of carbonyl (C=O) groups excluding carboxylic acids is 1. The quantitative estimate of drug-likeness (QED) is 0.846. The first kappa shape index (κ1) is 12.7. The van der Waals surface area contributed by atoms with E-state index in [4.69, 9.17) is 5.11 Å². The van der Waals surface area contributed by atoms with Gasteiger partial charge in [-0.15, -0.1) is 11.3 Å². The second-order valence-electron chi connectivity index (χ2n) is 3.94. The number of carboxylic acid groups (broad SMARTS) is 1. The largest absolute Gasteiger partial charge is 0.480 e. The number of rotatable bonds is 4. The number of thiophene rings is 1. The Morgan fingerprint density at radius 2 is 2.00 bits per heavy atom. The summed E-state index contributed by atoms with van der Waals surface area (Å²) in [5.74, 6) is -1.46. The van der Waals surface area contributed by atoms with E-state index in [9.17, 15) is 9.59 Å². The zero-order valence-corrected chi connectivity index (χ0v) is 10.3. The molecule has 1 aromatic rings. The van der Waals surface area contributed by atoms with E-state index in [1.54, 1.807) is 19.9 Å². The lowest BCUT2D eigenvalue weighted by Crippen LogP contribution is -2.44. The normalized spacial score (nSPS) is 12.5. The fourth-order valence-electron chi connectivity index (χ4n) is 1.28. The summed E-state index contributed by atoms with van der Waals surface area (Å²) >= 11 is 1.36. The number of amides is 1. The number of aliphatic carboxylic acids is 1. The van der Waals surface area contributed by atoms with Gasteiger partial charge in [0.25, 0.3) is 5.91 Å². The molecule has 1 amide bonds. The number of carbonyl (C=O) groups is 2. The molecule has 0 unspecified atom stereocenters. The first-order chi connectivity index (χ1) is 7.41. The highest BCUT2D eigenvalue weighted by Crippen LogP contribution is 2.15. The Labute approximate surface area is 98.3 Å². The molecule has 0 aliphatic rings. The standard InChI is InChI=1S/C11H15NO3S/c1-6(2)9(11(14)15)12-10(13)8-5-4-7(3)16-8/h4-6,9H,1-3H3,(H,12,13)(H,14,15)/t9-/m1/s1. The molecule has 0 saturated carbocycles. The fraction of sp³-hybridized carbons (Fsp3) is 0.455. The lowest BCUT2D eigenvalue weighted by atomic mass is 10.0. The van der Waals surface area contributed by atoms with Gasteiger partial charge in [0, 0.05) is 4.88 Å². The minimum atomic E-state index is -1.00. The van der Waals surface area contributed by atoms with Gasteiger partial charge >= 0.3 is 5.97 Å². The maximum Gasteiger partial charge on any atom is 0.326 e. The average Bonchev–Trinajstić information content (AvgIpc) is 2.59. The number of hydrogen-bond donors (Lipinski definition) is 2. The minimum Gasteiger partial charge on any atom is -0.480 e. The van der Waals surface area contributed by atoms with Gasteiger partial charge in [-0.05, 0) is 25.0 Å². The van der Waals surface area contributed by atoms with Gasteiger partial charge in [-0.2, -0.15) is 0 Å². The molecule has 0 saturated heterocycles. The van der Waals surface area contributed by atoms with E-state index in [0.717, 1.165) is 4.88 Å². The first-order valence-corrected chi connectivity index (χ1v) is 5.83. The molecule has 1 rings (SSSR count). The average molecular weight is 241 g/mol. The van der Waals surface area contributed by atoms with Crippen molar-refractivity contribution < 1.29 is 14.7 Å². The van der Waals surface area contributed by atoms with E-state index in [-0.39, 0.29) is 11.8 Å². The van der Waals surface area contributed by atoms with Crippen LogP contribution in [0.2, 0.25) is 0 Å². The predicted octanol–water partition coefficient (Wildman–Crippen LogP) is 1.90. The third-order valence-corrected chi connectivity index (χ3v) is 3.18. The zero-order valence-electron chi connectivity index (χ0n) is 9.48. The highest BCUT2D eigenvalue weighted by molar-refractivity contribution is 7.13. The summed E-state index contributed by atoms with van der Waals surface area (Å²) in [6.45, 7) is 5.43. The van der Waals surface area contributed by atoms with Crippen LogP contribution in [-0.2, 0) is 4.79 Å². The highest BCUT2D eigenvalue weighted by atomic mass is 32.1.